The van der Waals surface area contributed by atoms with Crippen LogP contribution in [0.1, 0.15) is 0 Å². The van der Waals surface area contributed by atoms with Gasteiger partial charge in [-0.05, 0) is 42.3 Å². The van der Waals surface area contributed by atoms with E-state index in [2.05, 4.69) is 25.1 Å². The van der Waals surface area contributed by atoms with Crippen molar-refractivity contribution in [2.24, 2.45) is 0 Å². The minimum absolute atomic E-state index is 0.416. The summed E-state index contributed by atoms with van der Waals surface area (Å²) in [7, 11) is 0. The predicted octanol–water partition coefficient (Wildman–Crippen LogP) is 4.66. The maximum atomic E-state index is 5.89. The number of hydrogen-bond acceptors (Lipinski definition) is 9. The molecule has 120 valence electrons. The van der Waals surface area contributed by atoms with Gasteiger partial charge in [-0.15, -0.1) is 21.5 Å². The van der Waals surface area contributed by atoms with Gasteiger partial charge in [0.15, 0.2) is 9.99 Å². The number of rotatable bonds is 4. The van der Waals surface area contributed by atoms with Crippen molar-refractivity contribution in [3.05, 3.63) is 35.6 Å². The molecule has 10 heteroatoms. The van der Waals surface area contributed by atoms with Gasteiger partial charge in [0.2, 0.25) is 5.89 Å². The molecule has 6 nitrogen and oxygen atoms in total. The van der Waals surface area contributed by atoms with Gasteiger partial charge < -0.3 is 4.42 Å². The first-order valence-corrected chi connectivity index (χ1v) is 9.89. The molecule has 4 rings (SSSR count). The van der Waals surface area contributed by atoms with E-state index in [-0.39, 0.29) is 0 Å². The molecule has 0 radical (unpaired) electrons. The highest BCUT2D eigenvalue weighted by Gasteiger charge is 2.15. The van der Waals surface area contributed by atoms with E-state index in [9.17, 15) is 0 Å². The van der Waals surface area contributed by atoms with E-state index in [1.807, 2.05) is 18.4 Å². The average molecular weight is 394 g/mol. The van der Waals surface area contributed by atoms with Gasteiger partial charge in [-0.3, -0.25) is 0 Å². The highest BCUT2D eigenvalue weighted by atomic mass is 35.5. The SMILES string of the molecule is CSc1nc2ncnc(Sc3nnc(-c4ccc(Cl)cc4)o3)c2s1. The Labute approximate surface area is 154 Å². The van der Waals surface area contributed by atoms with Crippen LogP contribution in [-0.2, 0) is 0 Å². The number of aromatic nitrogens is 5. The van der Waals surface area contributed by atoms with Crippen LogP contribution in [0.2, 0.25) is 5.02 Å². The Bertz CT molecular complexity index is 1000. The fraction of sp³-hybridized carbons (Fsp3) is 0.0714. The molecule has 0 N–H and O–H groups in total. The molecule has 0 spiro atoms. The number of benzene rings is 1. The van der Waals surface area contributed by atoms with Crippen LogP contribution in [0.5, 0.6) is 0 Å². The Hall–Kier alpha value is -1.68. The summed E-state index contributed by atoms with van der Waals surface area (Å²) in [5.74, 6) is 0.438. The van der Waals surface area contributed by atoms with Crippen molar-refractivity contribution in [3.8, 4) is 11.5 Å². The predicted molar refractivity (Wildman–Crippen MR) is 95.9 cm³/mol. The standard InChI is InChI=1S/C14H8ClN5OS3/c1-22-14-18-10-9(23-14)12(17-6-16-10)24-13-20-19-11(21-13)7-2-4-8(15)5-3-7/h2-6H,1H3. The number of thioether (sulfide) groups is 1. The minimum atomic E-state index is 0.416. The van der Waals surface area contributed by atoms with E-state index in [1.54, 1.807) is 35.2 Å². The summed E-state index contributed by atoms with van der Waals surface area (Å²) in [5, 5.41) is 9.98. The van der Waals surface area contributed by atoms with Gasteiger partial charge in [-0.2, -0.15) is 0 Å². The van der Waals surface area contributed by atoms with E-state index >= 15 is 0 Å². The number of halogens is 1. The summed E-state index contributed by atoms with van der Waals surface area (Å²) < 4.78 is 7.57. The van der Waals surface area contributed by atoms with Crippen molar-refractivity contribution in [2.75, 3.05) is 6.26 Å². The van der Waals surface area contributed by atoms with Gasteiger partial charge in [0, 0.05) is 10.6 Å². The fourth-order valence-electron chi connectivity index (χ4n) is 1.92. The molecule has 0 saturated carbocycles. The third-order valence-corrected chi connectivity index (χ3v) is 6.26. The maximum absolute atomic E-state index is 5.89. The molecule has 0 fully saturated rings. The van der Waals surface area contributed by atoms with Crippen LogP contribution in [0.4, 0.5) is 0 Å². The summed E-state index contributed by atoms with van der Waals surface area (Å²) in [6.45, 7) is 0. The Morgan fingerprint density at radius 2 is 1.96 bits per heavy atom. The van der Waals surface area contributed by atoms with E-state index in [0.717, 1.165) is 19.6 Å². The monoisotopic (exact) mass is 393 g/mol. The quantitative estimate of drug-likeness (QED) is 0.366. The highest BCUT2D eigenvalue weighted by molar-refractivity contribution is 8.00. The van der Waals surface area contributed by atoms with Gasteiger partial charge >= 0.3 is 0 Å². The van der Waals surface area contributed by atoms with Crippen LogP contribution in [0, 0.1) is 0 Å². The van der Waals surface area contributed by atoms with Gasteiger partial charge in [-0.1, -0.05) is 23.4 Å². The first-order valence-electron chi connectivity index (χ1n) is 6.66. The third-order valence-electron chi connectivity index (χ3n) is 3.00. The lowest BCUT2D eigenvalue weighted by molar-refractivity contribution is 0.465. The number of thiazole rings is 1. The summed E-state index contributed by atoms with van der Waals surface area (Å²) in [6.07, 6.45) is 3.47. The molecule has 3 heterocycles. The summed E-state index contributed by atoms with van der Waals surface area (Å²) in [6, 6.07) is 7.23. The zero-order chi connectivity index (χ0) is 16.5. The summed E-state index contributed by atoms with van der Waals surface area (Å²) in [4.78, 5) is 12.9. The fourth-order valence-corrected chi connectivity index (χ4v) is 4.34. The number of nitrogens with zero attached hydrogens (tertiary/aromatic N) is 5. The van der Waals surface area contributed by atoms with E-state index in [0.29, 0.717) is 21.8 Å². The normalized spacial score (nSPS) is 11.2. The van der Waals surface area contributed by atoms with Gasteiger partial charge in [0.1, 0.15) is 16.1 Å². The first kappa shape index (κ1) is 15.8. The Balaban J connectivity index is 1.64. The van der Waals surface area contributed by atoms with Crippen LogP contribution < -0.4 is 0 Å². The molecular formula is C14H8ClN5OS3. The second-order valence-electron chi connectivity index (χ2n) is 4.50. The lowest BCUT2D eigenvalue weighted by Crippen LogP contribution is -1.84. The molecule has 0 bridgehead atoms. The smallest absolute Gasteiger partial charge is 0.283 e. The first-order chi connectivity index (χ1) is 11.7. The average Bonchev–Trinajstić information content (AvgIpc) is 3.22. The molecule has 0 aliphatic rings. The van der Waals surface area contributed by atoms with Crippen LogP contribution in [-0.4, -0.2) is 31.4 Å². The molecule has 3 aromatic heterocycles. The van der Waals surface area contributed by atoms with Gasteiger partial charge in [0.05, 0.1) is 0 Å². The molecule has 0 atom stereocenters. The second kappa shape index (κ2) is 6.67. The Morgan fingerprint density at radius 1 is 1.12 bits per heavy atom. The zero-order valence-corrected chi connectivity index (χ0v) is 15.3. The second-order valence-corrected chi connectivity index (χ2v) is 7.93. The Kier molecular flexibility index (Phi) is 4.40. The van der Waals surface area contributed by atoms with Crippen LogP contribution >= 0.6 is 46.5 Å². The molecule has 0 unspecified atom stereocenters. The van der Waals surface area contributed by atoms with E-state index in [1.165, 1.54) is 18.1 Å². The topological polar surface area (TPSA) is 77.6 Å². The third kappa shape index (κ3) is 3.12. The molecular weight excluding hydrogens is 386 g/mol. The lowest BCUT2D eigenvalue weighted by Gasteiger charge is -1.96. The van der Waals surface area contributed by atoms with Crippen LogP contribution in [0.15, 0.2) is 49.6 Å². The number of fused-ring (bicyclic) bond motifs is 1. The van der Waals surface area contributed by atoms with Crippen molar-refractivity contribution < 1.29 is 4.42 Å². The van der Waals surface area contributed by atoms with Gasteiger partial charge in [-0.25, -0.2) is 15.0 Å². The van der Waals surface area contributed by atoms with Crippen molar-refractivity contribution >= 4 is 56.8 Å². The molecule has 0 aliphatic heterocycles. The molecule has 0 amide bonds. The van der Waals surface area contributed by atoms with Crippen LogP contribution in [0.25, 0.3) is 21.8 Å². The van der Waals surface area contributed by atoms with Crippen LogP contribution in [0.3, 0.4) is 0 Å². The largest absolute Gasteiger partial charge is 0.411 e. The minimum Gasteiger partial charge on any atom is -0.411 e. The zero-order valence-electron chi connectivity index (χ0n) is 12.1. The number of hydrogen-bond donors (Lipinski definition) is 0. The van der Waals surface area contributed by atoms with Gasteiger partial charge in [0.25, 0.3) is 5.22 Å². The molecule has 0 saturated heterocycles. The molecule has 1 aromatic carbocycles. The maximum Gasteiger partial charge on any atom is 0.283 e. The molecule has 0 aliphatic carbocycles. The van der Waals surface area contributed by atoms with Crippen molar-refractivity contribution in [3.63, 3.8) is 0 Å². The van der Waals surface area contributed by atoms with Crippen molar-refractivity contribution in [1.82, 2.24) is 25.1 Å². The summed E-state index contributed by atoms with van der Waals surface area (Å²) >= 11 is 10.3. The van der Waals surface area contributed by atoms with E-state index < -0.39 is 0 Å². The van der Waals surface area contributed by atoms with E-state index in [4.69, 9.17) is 16.0 Å². The van der Waals surface area contributed by atoms with Crippen molar-refractivity contribution in [2.45, 2.75) is 14.6 Å². The molecule has 24 heavy (non-hydrogen) atoms. The molecule has 4 aromatic rings. The lowest BCUT2D eigenvalue weighted by atomic mass is 10.2. The van der Waals surface area contributed by atoms with Crippen molar-refractivity contribution in [1.29, 1.82) is 0 Å². The Morgan fingerprint density at radius 3 is 2.75 bits per heavy atom. The summed E-state index contributed by atoms with van der Waals surface area (Å²) in [5.41, 5.74) is 1.49. The highest BCUT2D eigenvalue weighted by Crippen LogP contribution is 2.36.